The maximum Gasteiger partial charge on any atom is 0.309 e. The molecular formula is C71H114O6. The first-order valence-electron chi connectivity index (χ1n) is 31.3. The Morgan fingerprint density at radius 2 is 0.558 bits per heavy atom. The van der Waals surface area contributed by atoms with Gasteiger partial charge >= 0.3 is 17.9 Å². The molecule has 0 radical (unpaired) electrons. The lowest BCUT2D eigenvalue weighted by atomic mass is 10.0. The summed E-state index contributed by atoms with van der Waals surface area (Å²) in [7, 11) is 0. The molecule has 0 aromatic heterocycles. The summed E-state index contributed by atoms with van der Waals surface area (Å²) in [5.41, 5.74) is 0. The van der Waals surface area contributed by atoms with Crippen molar-refractivity contribution in [3.05, 3.63) is 146 Å². The first kappa shape index (κ1) is 72.3. The van der Waals surface area contributed by atoms with E-state index in [9.17, 15) is 14.4 Å². The Balaban J connectivity index is 4.49. The number of hydrogen-bond donors (Lipinski definition) is 0. The van der Waals surface area contributed by atoms with E-state index in [4.69, 9.17) is 14.2 Å². The third kappa shape index (κ3) is 62.0. The Morgan fingerprint density at radius 3 is 0.909 bits per heavy atom. The number of rotatable bonds is 55. The van der Waals surface area contributed by atoms with Gasteiger partial charge < -0.3 is 14.2 Å². The second kappa shape index (κ2) is 63.8. The third-order valence-electron chi connectivity index (χ3n) is 12.8. The van der Waals surface area contributed by atoms with E-state index < -0.39 is 12.1 Å². The summed E-state index contributed by atoms with van der Waals surface area (Å²) in [6.45, 7) is 6.30. The van der Waals surface area contributed by atoms with Crippen molar-refractivity contribution >= 4 is 17.9 Å². The lowest BCUT2D eigenvalue weighted by molar-refractivity contribution is -0.166. The summed E-state index contributed by atoms with van der Waals surface area (Å²) in [6.07, 6.45) is 91.6. The summed E-state index contributed by atoms with van der Waals surface area (Å²) < 4.78 is 16.8. The first-order valence-corrected chi connectivity index (χ1v) is 31.3. The molecule has 1 unspecified atom stereocenters. The van der Waals surface area contributed by atoms with Gasteiger partial charge in [-0.2, -0.15) is 0 Å². The largest absolute Gasteiger partial charge is 0.462 e. The van der Waals surface area contributed by atoms with E-state index in [1.807, 2.05) is 6.08 Å². The van der Waals surface area contributed by atoms with Gasteiger partial charge in [-0.1, -0.05) is 269 Å². The zero-order chi connectivity index (χ0) is 55.7. The molecule has 0 bridgehead atoms. The quantitative estimate of drug-likeness (QED) is 0.0261. The maximum absolute atomic E-state index is 12.9. The number of ether oxygens (including phenoxy) is 3. The molecule has 0 fully saturated rings. The molecule has 0 aromatic rings. The van der Waals surface area contributed by atoms with Gasteiger partial charge in [-0.05, 0) is 122 Å². The molecule has 1 atom stereocenters. The number of unbranched alkanes of at least 4 members (excludes halogenated alkanes) is 21. The molecule has 0 saturated heterocycles. The van der Waals surface area contributed by atoms with Crippen molar-refractivity contribution in [2.24, 2.45) is 0 Å². The third-order valence-corrected chi connectivity index (χ3v) is 12.8. The van der Waals surface area contributed by atoms with Gasteiger partial charge in [0.1, 0.15) is 13.2 Å². The van der Waals surface area contributed by atoms with Gasteiger partial charge in [0, 0.05) is 12.8 Å². The van der Waals surface area contributed by atoms with Crippen LogP contribution in [0.15, 0.2) is 146 Å². The van der Waals surface area contributed by atoms with Crippen LogP contribution in [-0.2, 0) is 28.6 Å². The minimum Gasteiger partial charge on any atom is -0.462 e. The molecule has 0 saturated carbocycles. The Labute approximate surface area is 474 Å². The summed E-state index contributed by atoms with van der Waals surface area (Å²) in [5, 5.41) is 0. The molecule has 0 N–H and O–H groups in total. The minimum atomic E-state index is -0.837. The Hall–Kier alpha value is -4.71. The SMILES string of the molecule is CC/C=C\C/C=C\C/C=C\C/C=C\C/C=C\CCCCCCCC(=O)OC(COC(=O)C/C=C\C/C=C\C/C=C\C/C=C\C/C=C\CC)COC(=O)CCCCCCCCCCCCC/C=C\C/C=C\CCCCCCC. The van der Waals surface area contributed by atoms with E-state index in [-0.39, 0.29) is 38.0 Å². The van der Waals surface area contributed by atoms with Gasteiger partial charge in [0.25, 0.3) is 0 Å². The minimum absolute atomic E-state index is 0.116. The highest BCUT2D eigenvalue weighted by Gasteiger charge is 2.19. The summed E-state index contributed by atoms with van der Waals surface area (Å²) in [5.74, 6) is -1.08. The van der Waals surface area contributed by atoms with Crippen molar-refractivity contribution in [3.63, 3.8) is 0 Å². The van der Waals surface area contributed by atoms with Crippen molar-refractivity contribution in [1.82, 2.24) is 0 Å². The molecule has 0 aliphatic heterocycles. The van der Waals surface area contributed by atoms with Gasteiger partial charge in [-0.15, -0.1) is 0 Å². The number of hydrogen-bond acceptors (Lipinski definition) is 6. The molecule has 77 heavy (non-hydrogen) atoms. The fourth-order valence-electron chi connectivity index (χ4n) is 8.22. The standard InChI is InChI=1S/C71H114O6/c1-4-7-10-13-16-19-22-25-28-30-32-34-35-37-38-40-43-46-49-52-55-58-61-64-70(73)76-67-68(66-75-69(72)63-60-57-54-51-48-45-42-27-24-21-18-15-12-9-6-3)77-71(74)65-62-59-56-53-50-47-44-41-39-36-33-31-29-26-23-20-17-14-11-8-5-2/h8-9,11-12,17-18,20-22,25-27,29-30,32-33,36,41-42,44,48,51,57,60,68H,4-7,10,13-16,19,23-24,28,31,34-35,37-40,43,45-47,49-50,52-56,58-59,61-67H2,1-3H3/b11-8-,12-9-,20-17-,21-18-,25-22-,29-26-,32-30-,36-33-,42-27-,44-41-,51-48-,60-57-. The van der Waals surface area contributed by atoms with E-state index >= 15 is 0 Å². The zero-order valence-corrected chi connectivity index (χ0v) is 49.7. The van der Waals surface area contributed by atoms with Gasteiger partial charge in [0.05, 0.1) is 6.42 Å². The van der Waals surface area contributed by atoms with Crippen molar-refractivity contribution in [3.8, 4) is 0 Å². The molecular weight excluding hydrogens is 949 g/mol. The highest BCUT2D eigenvalue weighted by Crippen LogP contribution is 2.15. The smallest absolute Gasteiger partial charge is 0.309 e. The monoisotopic (exact) mass is 1060 g/mol. The molecule has 0 aromatic carbocycles. The lowest BCUT2D eigenvalue weighted by Gasteiger charge is -2.18. The highest BCUT2D eigenvalue weighted by atomic mass is 16.6. The summed E-state index contributed by atoms with van der Waals surface area (Å²) >= 11 is 0. The Morgan fingerprint density at radius 1 is 0.286 bits per heavy atom. The molecule has 0 spiro atoms. The van der Waals surface area contributed by atoms with Gasteiger partial charge in [0.2, 0.25) is 0 Å². The van der Waals surface area contributed by atoms with E-state index in [0.29, 0.717) is 6.42 Å². The van der Waals surface area contributed by atoms with Crippen LogP contribution in [0, 0.1) is 0 Å². The highest BCUT2D eigenvalue weighted by molar-refractivity contribution is 5.72. The van der Waals surface area contributed by atoms with Crippen LogP contribution in [0.3, 0.4) is 0 Å². The van der Waals surface area contributed by atoms with Crippen LogP contribution in [0.1, 0.15) is 265 Å². The molecule has 0 aliphatic carbocycles. The predicted octanol–water partition coefficient (Wildman–Crippen LogP) is 21.5. The second-order valence-corrected chi connectivity index (χ2v) is 20.2. The van der Waals surface area contributed by atoms with E-state index in [1.165, 1.54) is 96.3 Å². The number of carbonyl (C=O) groups is 3. The van der Waals surface area contributed by atoms with Crippen LogP contribution >= 0.6 is 0 Å². The van der Waals surface area contributed by atoms with E-state index in [1.54, 1.807) is 6.08 Å². The van der Waals surface area contributed by atoms with E-state index in [2.05, 4.69) is 154 Å². The molecule has 0 heterocycles. The molecule has 0 rings (SSSR count). The van der Waals surface area contributed by atoms with Crippen LogP contribution in [0.5, 0.6) is 0 Å². The van der Waals surface area contributed by atoms with Crippen LogP contribution in [-0.4, -0.2) is 37.2 Å². The lowest BCUT2D eigenvalue weighted by Crippen LogP contribution is -2.30. The molecule has 0 aliphatic rings. The van der Waals surface area contributed by atoms with Gasteiger partial charge in [-0.25, -0.2) is 0 Å². The van der Waals surface area contributed by atoms with Crippen molar-refractivity contribution < 1.29 is 28.6 Å². The Bertz CT molecular complexity index is 1700. The molecule has 6 heteroatoms. The van der Waals surface area contributed by atoms with Crippen LogP contribution in [0.2, 0.25) is 0 Å². The van der Waals surface area contributed by atoms with Crippen molar-refractivity contribution in [2.45, 2.75) is 271 Å². The summed E-state index contributed by atoms with van der Waals surface area (Å²) in [6, 6.07) is 0. The van der Waals surface area contributed by atoms with Crippen molar-refractivity contribution in [2.75, 3.05) is 13.2 Å². The second-order valence-electron chi connectivity index (χ2n) is 20.2. The van der Waals surface area contributed by atoms with Crippen molar-refractivity contribution in [1.29, 1.82) is 0 Å². The average molecular weight is 1060 g/mol. The van der Waals surface area contributed by atoms with Crippen LogP contribution in [0.4, 0.5) is 0 Å². The zero-order valence-electron chi connectivity index (χ0n) is 49.7. The molecule has 6 nitrogen and oxygen atoms in total. The fourth-order valence-corrected chi connectivity index (χ4v) is 8.22. The normalized spacial score (nSPS) is 13.1. The average Bonchev–Trinajstić information content (AvgIpc) is 3.43. The number of allylic oxidation sites excluding steroid dienone is 23. The first-order chi connectivity index (χ1) is 38.0. The molecule has 0 amide bonds. The van der Waals surface area contributed by atoms with E-state index in [0.717, 1.165) is 128 Å². The maximum atomic E-state index is 12.9. The topological polar surface area (TPSA) is 78.9 Å². The Kier molecular flexibility index (Phi) is 59.9. The predicted molar refractivity (Wildman–Crippen MR) is 334 cm³/mol. The van der Waals surface area contributed by atoms with Gasteiger partial charge in [-0.3, -0.25) is 14.4 Å². The fraction of sp³-hybridized carbons (Fsp3) is 0.620. The van der Waals surface area contributed by atoms with Crippen LogP contribution < -0.4 is 0 Å². The number of carbonyl (C=O) groups excluding carboxylic acids is 3. The summed E-state index contributed by atoms with van der Waals surface area (Å²) in [4.78, 5) is 38.2. The van der Waals surface area contributed by atoms with Gasteiger partial charge in [0.15, 0.2) is 6.10 Å². The van der Waals surface area contributed by atoms with Crippen LogP contribution in [0.25, 0.3) is 0 Å². The number of esters is 3. The molecule has 434 valence electrons.